The zero-order valence-corrected chi connectivity index (χ0v) is 14.1. The van der Waals surface area contributed by atoms with Crippen LogP contribution in [0.3, 0.4) is 0 Å². The first-order valence-electron chi connectivity index (χ1n) is 7.97. The summed E-state index contributed by atoms with van der Waals surface area (Å²) in [4.78, 5) is 13.0. The number of rotatable bonds is 6. The summed E-state index contributed by atoms with van der Waals surface area (Å²) in [6.07, 6.45) is 0.578. The van der Waals surface area contributed by atoms with Crippen LogP contribution in [0.25, 0.3) is 0 Å². The minimum atomic E-state index is -0.872. The molecule has 0 fully saturated rings. The molecule has 0 aliphatic rings. The summed E-state index contributed by atoms with van der Waals surface area (Å²) in [5.41, 5.74) is 6.68. The lowest BCUT2D eigenvalue weighted by atomic mass is 9.65. The number of esters is 1. The van der Waals surface area contributed by atoms with Gasteiger partial charge < -0.3 is 10.5 Å². The number of ether oxygens (including phenoxy) is 1. The Morgan fingerprint density at radius 2 is 1.52 bits per heavy atom. The van der Waals surface area contributed by atoms with E-state index in [1.54, 1.807) is 0 Å². The molecule has 1 atom stereocenters. The Labute approximate surface area is 138 Å². The number of carbonyl (C=O) groups is 1. The van der Waals surface area contributed by atoms with Gasteiger partial charge in [0.25, 0.3) is 0 Å². The van der Waals surface area contributed by atoms with E-state index in [-0.39, 0.29) is 12.6 Å². The summed E-state index contributed by atoms with van der Waals surface area (Å²) >= 11 is 0. The van der Waals surface area contributed by atoms with E-state index in [9.17, 15) is 4.79 Å². The van der Waals surface area contributed by atoms with Gasteiger partial charge in [0.1, 0.15) is 12.0 Å². The summed E-state index contributed by atoms with van der Waals surface area (Å²) in [6.45, 7) is 6.00. The quantitative estimate of drug-likeness (QED) is 0.825. The summed E-state index contributed by atoms with van der Waals surface area (Å²) in [7, 11) is 0. The Bertz CT molecular complexity index is 632. The number of hydrogen-bond acceptors (Lipinski definition) is 3. The van der Waals surface area contributed by atoms with Gasteiger partial charge in [-0.1, -0.05) is 67.6 Å². The van der Waals surface area contributed by atoms with E-state index in [0.717, 1.165) is 11.1 Å². The van der Waals surface area contributed by atoms with Gasteiger partial charge in [-0.2, -0.15) is 0 Å². The second-order valence-corrected chi connectivity index (χ2v) is 6.41. The Hall–Kier alpha value is -2.13. The van der Waals surface area contributed by atoms with E-state index in [1.165, 1.54) is 0 Å². The average molecular weight is 311 g/mol. The Balaban J connectivity index is 2.32. The number of carbonyl (C=O) groups excluding carboxylic acids is 1. The Morgan fingerprint density at radius 3 is 2.00 bits per heavy atom. The second-order valence-electron chi connectivity index (χ2n) is 6.41. The predicted molar refractivity (Wildman–Crippen MR) is 92.9 cm³/mol. The molecular weight excluding hydrogens is 286 g/mol. The molecule has 122 valence electrons. The first-order chi connectivity index (χ1) is 10.9. The van der Waals surface area contributed by atoms with Crippen LogP contribution >= 0.6 is 0 Å². The molecule has 2 N–H and O–H groups in total. The lowest BCUT2D eigenvalue weighted by Crippen LogP contribution is -2.59. The maximum atomic E-state index is 13.0. The zero-order valence-electron chi connectivity index (χ0n) is 14.1. The summed E-state index contributed by atoms with van der Waals surface area (Å²) < 4.78 is 5.65. The average Bonchev–Trinajstić information content (AvgIpc) is 2.55. The lowest BCUT2D eigenvalue weighted by Gasteiger charge is -2.42. The molecule has 2 rings (SSSR count). The largest absolute Gasteiger partial charge is 0.460 e. The maximum Gasteiger partial charge on any atom is 0.318 e. The molecule has 1 unspecified atom stereocenters. The van der Waals surface area contributed by atoms with Crippen LogP contribution < -0.4 is 5.73 Å². The maximum absolute atomic E-state index is 13.0. The fourth-order valence-electron chi connectivity index (χ4n) is 3.13. The van der Waals surface area contributed by atoms with E-state index >= 15 is 0 Å². The fourth-order valence-corrected chi connectivity index (χ4v) is 3.13. The molecule has 2 aromatic rings. The molecule has 3 heteroatoms. The highest BCUT2D eigenvalue weighted by Crippen LogP contribution is 2.38. The third-order valence-electron chi connectivity index (χ3n) is 4.46. The van der Waals surface area contributed by atoms with E-state index < -0.39 is 11.0 Å². The van der Waals surface area contributed by atoms with Gasteiger partial charge in [0, 0.05) is 5.54 Å². The molecule has 0 heterocycles. The van der Waals surface area contributed by atoms with Gasteiger partial charge in [-0.05, 0) is 31.4 Å². The van der Waals surface area contributed by atoms with Gasteiger partial charge in [0.2, 0.25) is 0 Å². The second kappa shape index (κ2) is 6.97. The van der Waals surface area contributed by atoms with Gasteiger partial charge in [-0.15, -0.1) is 0 Å². The molecule has 0 radical (unpaired) electrons. The van der Waals surface area contributed by atoms with E-state index in [1.807, 2.05) is 81.4 Å². The molecule has 0 aliphatic carbocycles. The topological polar surface area (TPSA) is 52.3 Å². The van der Waals surface area contributed by atoms with Crippen molar-refractivity contribution in [2.75, 3.05) is 0 Å². The Morgan fingerprint density at radius 1 is 1.00 bits per heavy atom. The van der Waals surface area contributed by atoms with Gasteiger partial charge in [-0.25, -0.2) is 0 Å². The third-order valence-corrected chi connectivity index (χ3v) is 4.46. The van der Waals surface area contributed by atoms with Crippen LogP contribution in [-0.2, 0) is 21.6 Å². The van der Waals surface area contributed by atoms with Gasteiger partial charge in [0.15, 0.2) is 0 Å². The van der Waals surface area contributed by atoms with Crippen molar-refractivity contribution in [2.24, 2.45) is 5.73 Å². The first-order valence-corrected chi connectivity index (χ1v) is 7.97. The van der Waals surface area contributed by atoms with Crippen LogP contribution in [0, 0.1) is 0 Å². The summed E-state index contributed by atoms with van der Waals surface area (Å²) in [5, 5.41) is 0. The van der Waals surface area contributed by atoms with Crippen molar-refractivity contribution in [3.05, 3.63) is 71.8 Å². The predicted octanol–water partition coefficient (Wildman–Crippen LogP) is 3.82. The van der Waals surface area contributed by atoms with E-state index in [2.05, 4.69) is 0 Å². The minimum absolute atomic E-state index is 0.254. The number of hydrogen-bond donors (Lipinski definition) is 1. The zero-order chi connectivity index (χ0) is 16.9. The highest BCUT2D eigenvalue weighted by atomic mass is 16.5. The fraction of sp³-hybridized carbons (Fsp3) is 0.350. The monoisotopic (exact) mass is 311 g/mol. The van der Waals surface area contributed by atoms with Crippen molar-refractivity contribution in [1.29, 1.82) is 0 Å². The summed E-state index contributed by atoms with van der Waals surface area (Å²) in [5.74, 6) is -0.275. The lowest BCUT2D eigenvalue weighted by molar-refractivity contribution is -0.155. The van der Waals surface area contributed by atoms with Crippen LogP contribution in [0.5, 0.6) is 0 Å². The SMILES string of the molecule is CCC(C(=O)OCc1ccccc1)(c1ccccc1)C(C)(C)N. The van der Waals surface area contributed by atoms with Gasteiger partial charge >= 0.3 is 5.97 Å². The Kier molecular flexibility index (Phi) is 5.22. The van der Waals surface area contributed by atoms with Crippen LogP contribution in [0.2, 0.25) is 0 Å². The molecule has 0 amide bonds. The molecular formula is C20H25NO2. The molecule has 0 saturated carbocycles. The van der Waals surface area contributed by atoms with Crippen LogP contribution in [0.4, 0.5) is 0 Å². The molecule has 0 aliphatic heterocycles. The first kappa shape index (κ1) is 17.2. The smallest absolute Gasteiger partial charge is 0.318 e. The van der Waals surface area contributed by atoms with Crippen LogP contribution in [0.15, 0.2) is 60.7 Å². The van der Waals surface area contributed by atoms with E-state index in [0.29, 0.717) is 6.42 Å². The van der Waals surface area contributed by atoms with Crippen molar-refractivity contribution in [3.63, 3.8) is 0 Å². The van der Waals surface area contributed by atoms with Crippen molar-refractivity contribution in [3.8, 4) is 0 Å². The molecule has 0 spiro atoms. The van der Waals surface area contributed by atoms with Gasteiger partial charge in [-0.3, -0.25) is 4.79 Å². The molecule has 2 aromatic carbocycles. The standard InChI is InChI=1S/C20H25NO2/c1-4-20(19(2,3)21,17-13-9-6-10-14-17)18(22)23-15-16-11-7-5-8-12-16/h5-14H,4,15,21H2,1-3H3. The van der Waals surface area contributed by atoms with Crippen molar-refractivity contribution < 1.29 is 9.53 Å². The van der Waals surface area contributed by atoms with Crippen LogP contribution in [-0.4, -0.2) is 11.5 Å². The molecule has 0 saturated heterocycles. The van der Waals surface area contributed by atoms with Crippen molar-refractivity contribution in [1.82, 2.24) is 0 Å². The third kappa shape index (κ3) is 3.45. The normalized spacial score (nSPS) is 14.1. The van der Waals surface area contributed by atoms with Crippen LogP contribution in [0.1, 0.15) is 38.3 Å². The highest BCUT2D eigenvalue weighted by molar-refractivity contribution is 5.85. The summed E-state index contributed by atoms with van der Waals surface area (Å²) in [6, 6.07) is 19.4. The molecule has 0 bridgehead atoms. The van der Waals surface area contributed by atoms with Gasteiger partial charge in [0.05, 0.1) is 0 Å². The number of benzene rings is 2. The minimum Gasteiger partial charge on any atom is -0.460 e. The van der Waals surface area contributed by atoms with E-state index in [4.69, 9.17) is 10.5 Å². The molecule has 0 aromatic heterocycles. The van der Waals surface area contributed by atoms with Crippen molar-refractivity contribution >= 4 is 5.97 Å². The highest BCUT2D eigenvalue weighted by Gasteiger charge is 2.50. The van der Waals surface area contributed by atoms with Crippen molar-refractivity contribution in [2.45, 2.75) is 44.8 Å². The molecule has 3 nitrogen and oxygen atoms in total. The molecule has 23 heavy (non-hydrogen) atoms. The number of nitrogens with two attached hydrogens (primary N) is 1.